The van der Waals surface area contributed by atoms with Gasteiger partial charge in [-0.15, -0.1) is 0 Å². The van der Waals surface area contributed by atoms with E-state index in [4.69, 9.17) is 4.99 Å². The normalized spacial score (nSPS) is 11.5. The van der Waals surface area contributed by atoms with Gasteiger partial charge in [-0.05, 0) is 63.4 Å². The highest BCUT2D eigenvalue weighted by molar-refractivity contribution is 6.10. The third-order valence-electron chi connectivity index (χ3n) is 5.32. The molecule has 0 saturated carbocycles. The number of nitrogens with one attached hydrogen (secondary N) is 2. The van der Waals surface area contributed by atoms with E-state index in [-0.39, 0.29) is 5.91 Å². The van der Waals surface area contributed by atoms with Crippen LogP contribution in [0.15, 0.2) is 47.5 Å². The molecule has 156 valence electrons. The van der Waals surface area contributed by atoms with Crippen molar-refractivity contribution in [1.82, 2.24) is 15.1 Å². The Labute approximate surface area is 178 Å². The van der Waals surface area contributed by atoms with Gasteiger partial charge in [0, 0.05) is 29.6 Å². The number of hydrogen-bond donors (Lipinski definition) is 2. The Morgan fingerprint density at radius 3 is 2.43 bits per heavy atom. The SMILES string of the molecule is Cc1ccc(C)c(NC(=NCc2c(C)nn(C)c2C)NC(=O)c2ccccc2C)c1. The van der Waals surface area contributed by atoms with Crippen molar-refractivity contribution in [3.05, 3.63) is 81.7 Å². The molecular weight excluding hydrogens is 374 g/mol. The number of rotatable bonds is 4. The molecular formula is C24H29N5O. The molecule has 2 aromatic carbocycles. The number of carbonyl (C=O) groups excluding carboxylic acids is 1. The predicted molar refractivity (Wildman–Crippen MR) is 122 cm³/mol. The van der Waals surface area contributed by atoms with Crippen molar-refractivity contribution in [3.8, 4) is 0 Å². The lowest BCUT2D eigenvalue weighted by molar-refractivity contribution is 0.0976. The lowest BCUT2D eigenvalue weighted by atomic mass is 10.1. The summed E-state index contributed by atoms with van der Waals surface area (Å²) >= 11 is 0. The van der Waals surface area contributed by atoms with Gasteiger partial charge >= 0.3 is 0 Å². The van der Waals surface area contributed by atoms with E-state index in [1.54, 1.807) is 0 Å². The monoisotopic (exact) mass is 403 g/mol. The fourth-order valence-corrected chi connectivity index (χ4v) is 3.32. The number of benzene rings is 2. The highest BCUT2D eigenvalue weighted by Crippen LogP contribution is 2.17. The summed E-state index contributed by atoms with van der Waals surface area (Å²) in [5.74, 6) is 0.226. The van der Waals surface area contributed by atoms with Crippen LogP contribution >= 0.6 is 0 Å². The van der Waals surface area contributed by atoms with E-state index in [1.165, 1.54) is 0 Å². The van der Waals surface area contributed by atoms with Crippen molar-refractivity contribution >= 4 is 17.6 Å². The number of anilines is 1. The minimum atomic E-state index is -0.190. The molecule has 1 amide bonds. The van der Waals surface area contributed by atoms with Crippen LogP contribution in [0.4, 0.5) is 5.69 Å². The molecule has 0 bridgehead atoms. The van der Waals surface area contributed by atoms with Crippen LogP contribution < -0.4 is 10.6 Å². The lowest BCUT2D eigenvalue weighted by Gasteiger charge is -2.15. The zero-order valence-electron chi connectivity index (χ0n) is 18.5. The third-order valence-corrected chi connectivity index (χ3v) is 5.32. The molecule has 0 aliphatic heterocycles. The van der Waals surface area contributed by atoms with Crippen LogP contribution in [-0.4, -0.2) is 21.6 Å². The highest BCUT2D eigenvalue weighted by atomic mass is 16.1. The average molecular weight is 404 g/mol. The summed E-state index contributed by atoms with van der Waals surface area (Å²) in [7, 11) is 1.92. The number of aromatic nitrogens is 2. The van der Waals surface area contributed by atoms with Crippen LogP contribution in [0, 0.1) is 34.6 Å². The van der Waals surface area contributed by atoms with Gasteiger partial charge < -0.3 is 5.32 Å². The summed E-state index contributed by atoms with van der Waals surface area (Å²) < 4.78 is 1.85. The van der Waals surface area contributed by atoms with E-state index in [2.05, 4.69) is 21.8 Å². The van der Waals surface area contributed by atoms with Gasteiger partial charge in [0.2, 0.25) is 5.96 Å². The molecule has 0 saturated heterocycles. The first-order chi connectivity index (χ1) is 14.3. The number of hydrogen-bond acceptors (Lipinski definition) is 3. The Bertz CT molecular complexity index is 1110. The topological polar surface area (TPSA) is 71.3 Å². The van der Waals surface area contributed by atoms with Gasteiger partial charge in [-0.25, -0.2) is 4.99 Å². The van der Waals surface area contributed by atoms with E-state index in [9.17, 15) is 4.79 Å². The highest BCUT2D eigenvalue weighted by Gasteiger charge is 2.14. The molecule has 0 spiro atoms. The second-order valence-corrected chi connectivity index (χ2v) is 7.65. The summed E-state index contributed by atoms with van der Waals surface area (Å²) in [6, 6.07) is 13.7. The molecule has 0 fully saturated rings. The first-order valence-electron chi connectivity index (χ1n) is 10.0. The number of amides is 1. The van der Waals surface area contributed by atoms with Crippen LogP contribution in [0.25, 0.3) is 0 Å². The van der Waals surface area contributed by atoms with Crippen molar-refractivity contribution in [2.75, 3.05) is 5.32 Å². The maximum Gasteiger partial charge on any atom is 0.258 e. The van der Waals surface area contributed by atoms with Gasteiger partial charge in [0.15, 0.2) is 0 Å². The third kappa shape index (κ3) is 4.76. The number of aryl methyl sites for hydroxylation is 5. The number of guanidine groups is 1. The molecule has 3 aromatic rings. The van der Waals surface area contributed by atoms with Crippen molar-refractivity contribution < 1.29 is 4.79 Å². The molecule has 0 atom stereocenters. The van der Waals surface area contributed by atoms with E-state index >= 15 is 0 Å². The molecule has 30 heavy (non-hydrogen) atoms. The average Bonchev–Trinajstić information content (AvgIpc) is 2.94. The van der Waals surface area contributed by atoms with E-state index in [0.717, 1.165) is 39.3 Å². The minimum absolute atomic E-state index is 0.190. The summed E-state index contributed by atoms with van der Waals surface area (Å²) in [4.78, 5) is 17.6. The Kier molecular flexibility index (Phi) is 6.35. The second-order valence-electron chi connectivity index (χ2n) is 7.65. The summed E-state index contributed by atoms with van der Waals surface area (Å²) in [6.07, 6.45) is 0. The fraction of sp³-hybridized carbons (Fsp3) is 0.292. The molecule has 1 aromatic heterocycles. The molecule has 3 rings (SSSR count). The van der Waals surface area contributed by atoms with Crippen LogP contribution in [0.2, 0.25) is 0 Å². The molecule has 0 aliphatic carbocycles. The van der Waals surface area contributed by atoms with Gasteiger partial charge in [-0.3, -0.25) is 14.8 Å². The minimum Gasteiger partial charge on any atom is -0.326 e. The predicted octanol–water partition coefficient (Wildman–Crippen LogP) is 4.36. The quantitative estimate of drug-likeness (QED) is 0.502. The maximum atomic E-state index is 12.9. The van der Waals surface area contributed by atoms with Crippen LogP contribution in [0.3, 0.4) is 0 Å². The van der Waals surface area contributed by atoms with Gasteiger partial charge in [-0.2, -0.15) is 5.10 Å². The van der Waals surface area contributed by atoms with E-state index in [0.29, 0.717) is 18.1 Å². The van der Waals surface area contributed by atoms with E-state index < -0.39 is 0 Å². The smallest absolute Gasteiger partial charge is 0.258 e. The zero-order chi connectivity index (χ0) is 21.8. The first kappa shape index (κ1) is 21.3. The lowest BCUT2D eigenvalue weighted by Crippen LogP contribution is -2.36. The largest absolute Gasteiger partial charge is 0.326 e. The number of nitrogens with zero attached hydrogens (tertiary/aromatic N) is 3. The Hall–Kier alpha value is -3.41. The van der Waals surface area contributed by atoms with Crippen molar-refractivity contribution in [2.45, 2.75) is 41.2 Å². The Morgan fingerprint density at radius 1 is 1.03 bits per heavy atom. The van der Waals surface area contributed by atoms with Crippen molar-refractivity contribution in [3.63, 3.8) is 0 Å². The standard InChI is InChI=1S/C24H29N5O/c1-15-11-12-17(3)22(13-15)26-24(25-14-21-18(4)28-29(6)19(21)5)27-23(30)20-10-8-7-9-16(20)2/h7-13H,14H2,1-6H3,(H2,25,26,27,30). The van der Waals surface area contributed by atoms with Gasteiger partial charge in [-0.1, -0.05) is 30.3 Å². The zero-order valence-corrected chi connectivity index (χ0v) is 18.5. The number of aliphatic imine (C=N–C) groups is 1. The summed E-state index contributed by atoms with van der Waals surface area (Å²) in [6.45, 7) is 10.4. The van der Waals surface area contributed by atoms with Crippen LogP contribution in [-0.2, 0) is 13.6 Å². The summed E-state index contributed by atoms with van der Waals surface area (Å²) in [5.41, 5.74) is 7.73. The van der Waals surface area contributed by atoms with Crippen LogP contribution in [0.5, 0.6) is 0 Å². The fourth-order valence-electron chi connectivity index (χ4n) is 3.32. The molecule has 6 nitrogen and oxygen atoms in total. The van der Waals surface area contributed by atoms with Gasteiger partial charge in [0.1, 0.15) is 0 Å². The van der Waals surface area contributed by atoms with Crippen molar-refractivity contribution in [1.29, 1.82) is 0 Å². The van der Waals surface area contributed by atoms with Gasteiger partial charge in [0.25, 0.3) is 5.91 Å². The maximum absolute atomic E-state index is 12.9. The number of carbonyl (C=O) groups is 1. The van der Waals surface area contributed by atoms with Crippen molar-refractivity contribution in [2.24, 2.45) is 12.0 Å². The second kappa shape index (κ2) is 8.95. The Morgan fingerprint density at radius 2 is 1.77 bits per heavy atom. The molecule has 0 unspecified atom stereocenters. The molecule has 0 aliphatic rings. The molecule has 1 heterocycles. The summed E-state index contributed by atoms with van der Waals surface area (Å²) in [5, 5.41) is 10.7. The molecule has 0 radical (unpaired) electrons. The van der Waals surface area contributed by atoms with E-state index in [1.807, 2.05) is 82.7 Å². The van der Waals surface area contributed by atoms with Crippen LogP contribution in [0.1, 0.15) is 44.0 Å². The van der Waals surface area contributed by atoms with Gasteiger partial charge in [0.05, 0.1) is 12.2 Å². The molecule has 6 heteroatoms. The Balaban J connectivity index is 1.92. The molecule has 2 N–H and O–H groups in total. The first-order valence-corrected chi connectivity index (χ1v) is 10.0.